The molecule has 5 nitrogen and oxygen atoms in total. The van der Waals surface area contributed by atoms with E-state index in [0.29, 0.717) is 5.92 Å². The lowest BCUT2D eigenvalue weighted by Crippen LogP contribution is -2.35. The highest BCUT2D eigenvalue weighted by Crippen LogP contribution is 2.27. The lowest BCUT2D eigenvalue weighted by atomic mass is 9.96. The van der Waals surface area contributed by atoms with Gasteiger partial charge in [-0.1, -0.05) is 6.07 Å². The van der Waals surface area contributed by atoms with Crippen LogP contribution in [0.5, 0.6) is 0 Å². The Bertz CT molecular complexity index is 849. The average Bonchev–Trinajstić information content (AvgIpc) is 3.35. The van der Waals surface area contributed by atoms with Gasteiger partial charge in [0.2, 0.25) is 0 Å². The minimum Gasteiger partial charge on any atom is -0.335 e. The first-order valence-corrected chi connectivity index (χ1v) is 9.57. The summed E-state index contributed by atoms with van der Waals surface area (Å²) in [5.74, 6) is 1.80. The first-order valence-electron chi connectivity index (χ1n) is 9.57. The van der Waals surface area contributed by atoms with Crippen molar-refractivity contribution in [1.29, 1.82) is 0 Å². The predicted molar refractivity (Wildman–Crippen MR) is 103 cm³/mol. The van der Waals surface area contributed by atoms with E-state index in [1.807, 2.05) is 29.3 Å². The molecule has 0 radical (unpaired) electrons. The molecule has 0 saturated carbocycles. The quantitative estimate of drug-likeness (QED) is 0.704. The van der Waals surface area contributed by atoms with Crippen LogP contribution in [-0.2, 0) is 13.1 Å². The molecule has 1 unspecified atom stereocenters. The largest absolute Gasteiger partial charge is 0.335 e. The molecule has 2 aromatic heterocycles. The maximum absolute atomic E-state index is 4.64. The molecular formula is C21H27N5. The molecule has 26 heavy (non-hydrogen) atoms. The highest BCUT2D eigenvalue weighted by Gasteiger charge is 2.24. The highest BCUT2D eigenvalue weighted by molar-refractivity contribution is 5.39. The van der Waals surface area contributed by atoms with Gasteiger partial charge in [-0.05, 0) is 62.6 Å². The third-order valence-corrected chi connectivity index (χ3v) is 5.45. The molecule has 3 aromatic rings. The summed E-state index contributed by atoms with van der Waals surface area (Å²) < 4.78 is 4.20. The molecule has 1 saturated heterocycles. The minimum absolute atomic E-state index is 0.544. The maximum atomic E-state index is 4.64. The van der Waals surface area contributed by atoms with Gasteiger partial charge in [0.15, 0.2) is 0 Å². The standard InChI is InChI=1S/C21H27N5/c1-3-25-13-10-22-21(25)19-6-4-11-24(16-19)15-18-7-8-20(14-17(18)2)26-12-5-9-23-26/h5,7-10,12-14,19H,3-4,6,11,15-16H2,1-2H3. The monoisotopic (exact) mass is 349 g/mol. The number of rotatable bonds is 5. The number of hydrogen-bond donors (Lipinski definition) is 0. The summed E-state index contributed by atoms with van der Waals surface area (Å²) >= 11 is 0. The van der Waals surface area contributed by atoms with Gasteiger partial charge in [-0.15, -0.1) is 0 Å². The van der Waals surface area contributed by atoms with Crippen LogP contribution in [0.2, 0.25) is 0 Å². The predicted octanol–water partition coefficient (Wildman–Crippen LogP) is 3.78. The van der Waals surface area contributed by atoms with Crippen molar-refractivity contribution in [3.8, 4) is 5.69 Å². The third-order valence-electron chi connectivity index (χ3n) is 5.45. The number of benzene rings is 1. The van der Waals surface area contributed by atoms with Gasteiger partial charge in [0, 0.05) is 50.3 Å². The van der Waals surface area contributed by atoms with Crippen molar-refractivity contribution >= 4 is 0 Å². The fraction of sp³-hybridized carbons (Fsp3) is 0.429. The Morgan fingerprint density at radius 2 is 2.12 bits per heavy atom. The number of nitrogens with zero attached hydrogens (tertiary/aromatic N) is 5. The Hall–Kier alpha value is -2.40. The maximum Gasteiger partial charge on any atom is 0.113 e. The molecule has 1 atom stereocenters. The lowest BCUT2D eigenvalue weighted by Gasteiger charge is -2.33. The van der Waals surface area contributed by atoms with Crippen molar-refractivity contribution in [2.75, 3.05) is 13.1 Å². The Morgan fingerprint density at radius 1 is 1.19 bits per heavy atom. The van der Waals surface area contributed by atoms with Gasteiger partial charge in [0.05, 0.1) is 5.69 Å². The number of imidazole rings is 1. The van der Waals surface area contributed by atoms with Crippen molar-refractivity contribution in [3.05, 3.63) is 66.0 Å². The SMILES string of the molecule is CCn1ccnc1C1CCCN(Cc2ccc(-n3cccn3)cc2C)C1. The Kier molecular flexibility index (Phi) is 4.89. The molecule has 0 amide bonds. The average molecular weight is 349 g/mol. The number of aromatic nitrogens is 4. The van der Waals surface area contributed by atoms with Crippen LogP contribution in [0.3, 0.4) is 0 Å². The van der Waals surface area contributed by atoms with E-state index in [0.717, 1.165) is 25.3 Å². The van der Waals surface area contributed by atoms with Crippen molar-refractivity contribution in [1.82, 2.24) is 24.2 Å². The van der Waals surface area contributed by atoms with E-state index in [4.69, 9.17) is 0 Å². The number of likely N-dealkylation sites (tertiary alicyclic amines) is 1. The van der Waals surface area contributed by atoms with Gasteiger partial charge in [-0.3, -0.25) is 4.90 Å². The molecule has 0 N–H and O–H groups in total. The van der Waals surface area contributed by atoms with Gasteiger partial charge >= 0.3 is 0 Å². The van der Waals surface area contributed by atoms with Crippen molar-refractivity contribution < 1.29 is 0 Å². The first kappa shape index (κ1) is 17.0. The summed E-state index contributed by atoms with van der Waals surface area (Å²) in [6.45, 7) is 8.67. The van der Waals surface area contributed by atoms with E-state index >= 15 is 0 Å². The normalized spacial score (nSPS) is 18.3. The zero-order chi connectivity index (χ0) is 17.9. The van der Waals surface area contributed by atoms with Crippen LogP contribution in [0.15, 0.2) is 49.1 Å². The summed E-state index contributed by atoms with van der Waals surface area (Å²) in [6, 6.07) is 8.61. The van der Waals surface area contributed by atoms with E-state index in [2.05, 4.69) is 57.8 Å². The van der Waals surface area contributed by atoms with Crippen LogP contribution in [0.4, 0.5) is 0 Å². The smallest absolute Gasteiger partial charge is 0.113 e. The van der Waals surface area contributed by atoms with Crippen molar-refractivity contribution in [2.24, 2.45) is 0 Å². The zero-order valence-corrected chi connectivity index (χ0v) is 15.7. The van der Waals surface area contributed by atoms with Gasteiger partial charge in [-0.25, -0.2) is 9.67 Å². The fourth-order valence-electron chi connectivity index (χ4n) is 4.02. The molecule has 1 aliphatic heterocycles. The molecule has 0 aliphatic carbocycles. The second kappa shape index (κ2) is 7.46. The molecule has 3 heterocycles. The van der Waals surface area contributed by atoms with Gasteiger partial charge in [0.25, 0.3) is 0 Å². The topological polar surface area (TPSA) is 38.9 Å². The van der Waals surface area contributed by atoms with Crippen LogP contribution in [-0.4, -0.2) is 37.3 Å². The van der Waals surface area contributed by atoms with Gasteiger partial charge < -0.3 is 4.57 Å². The van der Waals surface area contributed by atoms with Crippen molar-refractivity contribution in [3.63, 3.8) is 0 Å². The van der Waals surface area contributed by atoms with Crippen molar-refractivity contribution in [2.45, 2.75) is 45.7 Å². The Labute approximate surface area is 155 Å². The molecule has 4 rings (SSSR count). The van der Waals surface area contributed by atoms with E-state index in [-0.39, 0.29) is 0 Å². The Morgan fingerprint density at radius 3 is 2.88 bits per heavy atom. The molecule has 1 aromatic carbocycles. The molecule has 1 aliphatic rings. The molecule has 0 bridgehead atoms. The first-order chi connectivity index (χ1) is 12.7. The fourth-order valence-corrected chi connectivity index (χ4v) is 4.02. The van der Waals surface area contributed by atoms with Crippen LogP contribution in [0, 0.1) is 6.92 Å². The van der Waals surface area contributed by atoms with E-state index in [1.54, 1.807) is 0 Å². The third kappa shape index (κ3) is 3.44. The van der Waals surface area contributed by atoms with Crippen LogP contribution >= 0.6 is 0 Å². The number of aryl methyl sites for hydroxylation is 2. The lowest BCUT2D eigenvalue weighted by molar-refractivity contribution is 0.194. The second-order valence-electron chi connectivity index (χ2n) is 7.21. The number of hydrogen-bond acceptors (Lipinski definition) is 3. The summed E-state index contributed by atoms with van der Waals surface area (Å²) in [4.78, 5) is 7.22. The summed E-state index contributed by atoms with van der Waals surface area (Å²) in [6.07, 6.45) is 10.3. The van der Waals surface area contributed by atoms with E-state index < -0.39 is 0 Å². The molecule has 5 heteroatoms. The second-order valence-corrected chi connectivity index (χ2v) is 7.21. The molecule has 136 valence electrons. The molecule has 0 spiro atoms. The summed E-state index contributed by atoms with van der Waals surface area (Å²) in [7, 11) is 0. The minimum atomic E-state index is 0.544. The van der Waals surface area contributed by atoms with Gasteiger partial charge in [-0.2, -0.15) is 5.10 Å². The number of piperidine rings is 1. The zero-order valence-electron chi connectivity index (χ0n) is 15.7. The van der Waals surface area contributed by atoms with Gasteiger partial charge in [0.1, 0.15) is 5.82 Å². The van der Waals surface area contributed by atoms with Crippen LogP contribution < -0.4 is 0 Å². The van der Waals surface area contributed by atoms with E-state index in [9.17, 15) is 0 Å². The molecule has 1 fully saturated rings. The Balaban J connectivity index is 1.47. The summed E-state index contributed by atoms with van der Waals surface area (Å²) in [5, 5.41) is 4.32. The molecular weight excluding hydrogens is 322 g/mol. The van der Waals surface area contributed by atoms with E-state index in [1.165, 1.54) is 36.3 Å². The highest BCUT2D eigenvalue weighted by atomic mass is 15.3. The summed E-state index contributed by atoms with van der Waals surface area (Å²) in [5.41, 5.74) is 3.85. The van der Waals surface area contributed by atoms with Crippen LogP contribution in [0.1, 0.15) is 42.6 Å². The van der Waals surface area contributed by atoms with Crippen LogP contribution in [0.25, 0.3) is 5.69 Å².